The molecule has 6 nitrogen and oxygen atoms in total. The number of aliphatic hydroxyl groups excluding tert-OH is 1. The number of primary amides is 1. The van der Waals surface area contributed by atoms with Crippen LogP contribution in [0.1, 0.15) is 22.0 Å². The zero-order chi connectivity index (χ0) is 18.7. The van der Waals surface area contributed by atoms with Crippen LogP contribution in [0.25, 0.3) is 0 Å². The number of amides is 1. The van der Waals surface area contributed by atoms with Gasteiger partial charge in [0.25, 0.3) is 5.91 Å². The minimum atomic E-state index is -0.754. The normalized spacial score (nSPS) is 16.5. The molecule has 0 spiro atoms. The Bertz CT molecular complexity index is 774. The third-order valence-electron chi connectivity index (χ3n) is 4.67. The molecule has 1 fully saturated rings. The summed E-state index contributed by atoms with van der Waals surface area (Å²) in [5.74, 6) is -0.891. The van der Waals surface area contributed by atoms with E-state index in [0.29, 0.717) is 12.1 Å². The number of β-amino-alcohol motifs (C(OH)–C–C–N with tert-alkyl or cyclic N) is 1. The van der Waals surface area contributed by atoms with Gasteiger partial charge in [-0.3, -0.25) is 9.69 Å². The first-order valence-electron chi connectivity index (χ1n) is 8.47. The second kappa shape index (κ2) is 7.95. The lowest BCUT2D eigenvalue weighted by molar-refractivity contribution is 0.0995. The SMILES string of the molecule is NC(=O)c1cc(C(O)CN2CCN(c3ccc(Cl)cc3)CC2)ccc1O. The maximum absolute atomic E-state index is 11.3. The summed E-state index contributed by atoms with van der Waals surface area (Å²) in [7, 11) is 0. The van der Waals surface area contributed by atoms with Crippen molar-refractivity contribution in [1.29, 1.82) is 0 Å². The number of anilines is 1. The molecule has 2 aromatic rings. The van der Waals surface area contributed by atoms with Crippen molar-refractivity contribution in [2.24, 2.45) is 5.73 Å². The Hall–Kier alpha value is -2.28. The van der Waals surface area contributed by atoms with Crippen LogP contribution in [-0.2, 0) is 0 Å². The monoisotopic (exact) mass is 375 g/mol. The quantitative estimate of drug-likeness (QED) is 0.743. The molecule has 1 atom stereocenters. The molecule has 0 radical (unpaired) electrons. The molecule has 26 heavy (non-hydrogen) atoms. The largest absolute Gasteiger partial charge is 0.507 e. The van der Waals surface area contributed by atoms with E-state index in [1.54, 1.807) is 6.07 Å². The van der Waals surface area contributed by atoms with E-state index in [0.717, 1.165) is 36.9 Å². The van der Waals surface area contributed by atoms with Crippen molar-refractivity contribution in [2.45, 2.75) is 6.10 Å². The molecule has 0 aromatic heterocycles. The summed E-state index contributed by atoms with van der Waals surface area (Å²) >= 11 is 5.93. The van der Waals surface area contributed by atoms with Gasteiger partial charge < -0.3 is 20.8 Å². The molecular formula is C19H22ClN3O3. The van der Waals surface area contributed by atoms with E-state index < -0.39 is 12.0 Å². The number of nitrogens with two attached hydrogens (primary N) is 1. The third kappa shape index (κ3) is 4.27. The molecular weight excluding hydrogens is 354 g/mol. The molecule has 1 aliphatic rings. The molecule has 0 saturated carbocycles. The Kier molecular flexibility index (Phi) is 5.66. The third-order valence-corrected chi connectivity index (χ3v) is 4.92. The van der Waals surface area contributed by atoms with E-state index in [1.165, 1.54) is 12.1 Å². The van der Waals surface area contributed by atoms with Crippen molar-refractivity contribution in [3.05, 3.63) is 58.6 Å². The standard InChI is InChI=1S/C19H22ClN3O3/c20-14-2-4-15(5-3-14)23-9-7-22(8-10-23)12-18(25)13-1-6-17(24)16(11-13)19(21)26/h1-6,11,18,24-25H,7-10,12H2,(H2,21,26). The van der Waals surface area contributed by atoms with E-state index >= 15 is 0 Å². The van der Waals surface area contributed by atoms with E-state index in [1.807, 2.05) is 24.3 Å². The summed E-state index contributed by atoms with van der Waals surface area (Å²) in [6.45, 7) is 3.81. The summed E-state index contributed by atoms with van der Waals surface area (Å²) < 4.78 is 0. The molecule has 1 amide bonds. The van der Waals surface area contributed by atoms with Gasteiger partial charge in [0.05, 0.1) is 11.7 Å². The topological polar surface area (TPSA) is 90.0 Å². The number of nitrogens with zero attached hydrogens (tertiary/aromatic N) is 2. The Balaban J connectivity index is 1.58. The van der Waals surface area contributed by atoms with Gasteiger partial charge in [-0.2, -0.15) is 0 Å². The second-order valence-corrected chi connectivity index (χ2v) is 6.86. The molecule has 0 bridgehead atoms. The number of carbonyl (C=O) groups excluding carboxylic acids is 1. The van der Waals surface area contributed by atoms with Crippen molar-refractivity contribution in [2.75, 3.05) is 37.6 Å². The van der Waals surface area contributed by atoms with E-state index in [2.05, 4.69) is 9.80 Å². The Morgan fingerprint density at radius 1 is 1.12 bits per heavy atom. The predicted molar refractivity (Wildman–Crippen MR) is 102 cm³/mol. The van der Waals surface area contributed by atoms with E-state index in [4.69, 9.17) is 17.3 Å². The number of benzene rings is 2. The fraction of sp³-hybridized carbons (Fsp3) is 0.316. The van der Waals surface area contributed by atoms with Crippen molar-refractivity contribution in [1.82, 2.24) is 4.90 Å². The average Bonchev–Trinajstić information content (AvgIpc) is 2.63. The number of hydrogen-bond acceptors (Lipinski definition) is 5. The van der Waals surface area contributed by atoms with Crippen LogP contribution in [-0.4, -0.2) is 53.7 Å². The molecule has 1 heterocycles. The van der Waals surface area contributed by atoms with Crippen LogP contribution in [0, 0.1) is 0 Å². The highest BCUT2D eigenvalue weighted by Gasteiger charge is 2.21. The molecule has 138 valence electrons. The highest BCUT2D eigenvalue weighted by atomic mass is 35.5. The minimum Gasteiger partial charge on any atom is -0.507 e. The summed E-state index contributed by atoms with van der Waals surface area (Å²) in [4.78, 5) is 15.8. The number of piperazine rings is 1. The highest BCUT2D eigenvalue weighted by Crippen LogP contribution is 2.24. The Labute approximate surface area is 157 Å². The average molecular weight is 376 g/mol. The Morgan fingerprint density at radius 2 is 1.77 bits per heavy atom. The van der Waals surface area contributed by atoms with Gasteiger partial charge in [-0.05, 0) is 42.0 Å². The maximum Gasteiger partial charge on any atom is 0.252 e. The fourth-order valence-electron chi connectivity index (χ4n) is 3.15. The van der Waals surface area contributed by atoms with Gasteiger partial charge in [0.2, 0.25) is 0 Å². The molecule has 0 aliphatic carbocycles. The predicted octanol–water partition coefficient (Wildman–Crippen LogP) is 2.00. The van der Waals surface area contributed by atoms with Gasteiger partial charge in [0.15, 0.2) is 0 Å². The van der Waals surface area contributed by atoms with Crippen LogP contribution in [0.2, 0.25) is 5.02 Å². The summed E-state index contributed by atoms with van der Waals surface area (Å²) in [5, 5.41) is 20.9. The first kappa shape index (κ1) is 18.5. The first-order valence-corrected chi connectivity index (χ1v) is 8.85. The summed E-state index contributed by atoms with van der Waals surface area (Å²) in [6, 6.07) is 12.2. The smallest absolute Gasteiger partial charge is 0.252 e. The van der Waals surface area contributed by atoms with Gasteiger partial charge in [0.1, 0.15) is 5.75 Å². The molecule has 1 aliphatic heterocycles. The Morgan fingerprint density at radius 3 is 2.38 bits per heavy atom. The van der Waals surface area contributed by atoms with E-state index in [9.17, 15) is 15.0 Å². The number of carbonyl (C=O) groups is 1. The first-order chi connectivity index (χ1) is 12.4. The molecule has 1 unspecified atom stereocenters. The van der Waals surface area contributed by atoms with Crippen molar-refractivity contribution in [3.8, 4) is 5.75 Å². The van der Waals surface area contributed by atoms with Crippen LogP contribution in [0.15, 0.2) is 42.5 Å². The van der Waals surface area contributed by atoms with Crippen LogP contribution in [0.4, 0.5) is 5.69 Å². The van der Waals surface area contributed by atoms with Crippen LogP contribution in [0.5, 0.6) is 5.75 Å². The molecule has 3 rings (SSSR count). The van der Waals surface area contributed by atoms with Gasteiger partial charge in [-0.15, -0.1) is 0 Å². The zero-order valence-electron chi connectivity index (χ0n) is 14.3. The lowest BCUT2D eigenvalue weighted by Crippen LogP contribution is -2.47. The molecule has 4 N–H and O–H groups in total. The van der Waals surface area contributed by atoms with Gasteiger partial charge in [0, 0.05) is 43.4 Å². The van der Waals surface area contributed by atoms with Gasteiger partial charge in [-0.25, -0.2) is 0 Å². The van der Waals surface area contributed by atoms with Crippen molar-refractivity contribution >= 4 is 23.2 Å². The number of phenols is 1. The molecule has 2 aromatic carbocycles. The number of aromatic hydroxyl groups is 1. The van der Waals surface area contributed by atoms with Gasteiger partial charge >= 0.3 is 0 Å². The zero-order valence-corrected chi connectivity index (χ0v) is 15.1. The lowest BCUT2D eigenvalue weighted by Gasteiger charge is -2.37. The number of rotatable bonds is 5. The highest BCUT2D eigenvalue weighted by molar-refractivity contribution is 6.30. The van der Waals surface area contributed by atoms with Crippen LogP contribution in [0.3, 0.4) is 0 Å². The second-order valence-electron chi connectivity index (χ2n) is 6.42. The summed E-state index contributed by atoms with van der Waals surface area (Å²) in [5.41, 5.74) is 6.97. The molecule has 7 heteroatoms. The van der Waals surface area contributed by atoms with Crippen molar-refractivity contribution in [3.63, 3.8) is 0 Å². The van der Waals surface area contributed by atoms with Gasteiger partial charge in [-0.1, -0.05) is 17.7 Å². The number of halogens is 1. The molecule has 1 saturated heterocycles. The minimum absolute atomic E-state index is 0.0223. The van der Waals surface area contributed by atoms with E-state index in [-0.39, 0.29) is 11.3 Å². The van der Waals surface area contributed by atoms with Crippen molar-refractivity contribution < 1.29 is 15.0 Å². The lowest BCUT2D eigenvalue weighted by atomic mass is 10.0. The number of aliphatic hydroxyl groups is 1. The van der Waals surface area contributed by atoms with Crippen LogP contribution < -0.4 is 10.6 Å². The fourth-order valence-corrected chi connectivity index (χ4v) is 3.27. The van der Waals surface area contributed by atoms with Crippen LogP contribution >= 0.6 is 11.6 Å². The summed E-state index contributed by atoms with van der Waals surface area (Å²) in [6.07, 6.45) is -0.754. The maximum atomic E-state index is 11.3. The number of hydrogen-bond donors (Lipinski definition) is 3.